The fourth-order valence-corrected chi connectivity index (χ4v) is 5.23. The lowest BCUT2D eigenvalue weighted by molar-refractivity contribution is 0.162. The Labute approximate surface area is 167 Å². The second-order valence-corrected chi connectivity index (χ2v) is 8.89. The van der Waals surface area contributed by atoms with Gasteiger partial charge in [0.25, 0.3) is 0 Å². The number of hydrogen-bond acceptors (Lipinski definition) is 5. The van der Waals surface area contributed by atoms with E-state index in [1.165, 1.54) is 11.4 Å². The predicted octanol–water partition coefficient (Wildman–Crippen LogP) is 2.88. The molecule has 0 saturated carbocycles. The molecule has 0 aliphatic carbocycles. The molecule has 0 amide bonds. The van der Waals surface area contributed by atoms with E-state index in [0.717, 1.165) is 16.7 Å². The van der Waals surface area contributed by atoms with Gasteiger partial charge in [0.15, 0.2) is 0 Å². The topological polar surface area (TPSA) is 73.6 Å². The Morgan fingerprint density at radius 1 is 1.07 bits per heavy atom. The van der Waals surface area contributed by atoms with Crippen LogP contribution in [0.5, 0.6) is 5.75 Å². The van der Waals surface area contributed by atoms with Crippen molar-refractivity contribution in [2.24, 2.45) is 0 Å². The van der Waals surface area contributed by atoms with Crippen molar-refractivity contribution in [3.8, 4) is 11.8 Å². The van der Waals surface area contributed by atoms with Gasteiger partial charge in [-0.15, -0.1) is 0 Å². The predicted molar refractivity (Wildman–Crippen MR) is 108 cm³/mol. The van der Waals surface area contributed by atoms with E-state index >= 15 is 0 Å². The molecule has 1 atom stereocenters. The van der Waals surface area contributed by atoms with Crippen molar-refractivity contribution >= 4 is 10.0 Å². The fraction of sp³-hybridized carbons (Fsp3) is 0.381. The van der Waals surface area contributed by atoms with Gasteiger partial charge in [-0.25, -0.2) is 8.42 Å². The van der Waals surface area contributed by atoms with Crippen LogP contribution < -0.4 is 4.74 Å². The van der Waals surface area contributed by atoms with Crippen molar-refractivity contribution in [3.63, 3.8) is 0 Å². The maximum Gasteiger partial charge on any atom is 0.246 e. The third-order valence-corrected chi connectivity index (χ3v) is 7.10. The average Bonchev–Trinajstić information content (AvgIpc) is 2.70. The lowest BCUT2D eigenvalue weighted by Crippen LogP contribution is -2.49. The highest BCUT2D eigenvalue weighted by atomic mass is 32.2. The molecule has 1 saturated heterocycles. The average molecular weight is 400 g/mol. The molecule has 0 radical (unpaired) electrons. The number of piperazine rings is 1. The largest absolute Gasteiger partial charge is 0.495 e. The van der Waals surface area contributed by atoms with E-state index in [9.17, 15) is 13.7 Å². The zero-order chi connectivity index (χ0) is 20.3. The van der Waals surface area contributed by atoms with Gasteiger partial charge in [0.2, 0.25) is 10.0 Å². The second-order valence-electron chi connectivity index (χ2n) is 6.98. The molecule has 3 rings (SSSR count). The van der Waals surface area contributed by atoms with Crippen LogP contribution in [0.15, 0.2) is 47.4 Å². The molecule has 148 valence electrons. The standard InChI is InChI=1S/C21H25N3O3S/c1-16-8-9-20(27-3)21(14-16)28(25,26)24-12-10-23(11-13-24)19(15-22)18-7-5-4-6-17(18)2/h4-9,14,19H,10-13H2,1-3H3. The first-order chi connectivity index (χ1) is 13.4. The Balaban J connectivity index is 1.79. The summed E-state index contributed by atoms with van der Waals surface area (Å²) < 4.78 is 33.0. The van der Waals surface area contributed by atoms with Gasteiger partial charge in [0.05, 0.1) is 13.2 Å². The molecule has 2 aromatic rings. The molecule has 1 aliphatic heterocycles. The Morgan fingerprint density at radius 3 is 2.36 bits per heavy atom. The first kappa shape index (κ1) is 20.3. The SMILES string of the molecule is COc1ccc(C)cc1S(=O)(=O)N1CCN(C(C#N)c2ccccc2C)CC1. The quantitative estimate of drug-likeness (QED) is 0.773. The third-order valence-electron chi connectivity index (χ3n) is 5.18. The molecule has 7 heteroatoms. The Hall–Kier alpha value is -2.40. The minimum atomic E-state index is -3.66. The highest BCUT2D eigenvalue weighted by Gasteiger charge is 2.33. The molecule has 6 nitrogen and oxygen atoms in total. The van der Waals surface area contributed by atoms with Crippen LogP contribution in [-0.2, 0) is 10.0 Å². The molecule has 1 fully saturated rings. The molecule has 0 N–H and O–H groups in total. The zero-order valence-corrected chi connectivity index (χ0v) is 17.2. The smallest absolute Gasteiger partial charge is 0.246 e. The summed E-state index contributed by atoms with van der Waals surface area (Å²) >= 11 is 0. The fourth-order valence-electron chi connectivity index (χ4n) is 3.57. The van der Waals surface area contributed by atoms with E-state index in [0.29, 0.717) is 31.9 Å². The maximum absolute atomic E-state index is 13.2. The van der Waals surface area contributed by atoms with Crippen LogP contribution in [0.3, 0.4) is 0 Å². The molecule has 0 spiro atoms. The Morgan fingerprint density at radius 2 is 1.75 bits per heavy atom. The van der Waals surface area contributed by atoms with Gasteiger partial charge >= 0.3 is 0 Å². The number of nitrogens with zero attached hydrogens (tertiary/aromatic N) is 3. The number of rotatable bonds is 5. The molecule has 1 heterocycles. The van der Waals surface area contributed by atoms with Gasteiger partial charge in [-0.3, -0.25) is 4.90 Å². The molecule has 0 bridgehead atoms. The Kier molecular flexibility index (Phi) is 6.04. The van der Waals surface area contributed by atoms with Crippen LogP contribution in [0.25, 0.3) is 0 Å². The van der Waals surface area contributed by atoms with E-state index in [-0.39, 0.29) is 10.9 Å². The molecule has 2 aromatic carbocycles. The van der Waals surface area contributed by atoms with Crippen LogP contribution in [0.2, 0.25) is 0 Å². The minimum Gasteiger partial charge on any atom is -0.495 e. The normalized spacial score (nSPS) is 17.1. The van der Waals surface area contributed by atoms with E-state index in [1.807, 2.05) is 49.1 Å². The summed E-state index contributed by atoms with van der Waals surface area (Å²) in [6, 6.07) is 15.0. The lowest BCUT2D eigenvalue weighted by Gasteiger charge is -2.36. The summed E-state index contributed by atoms with van der Waals surface area (Å²) in [5.74, 6) is 0.350. The monoisotopic (exact) mass is 399 g/mol. The van der Waals surface area contributed by atoms with Crippen molar-refractivity contribution in [1.82, 2.24) is 9.21 Å². The van der Waals surface area contributed by atoms with Crippen molar-refractivity contribution in [1.29, 1.82) is 5.26 Å². The first-order valence-electron chi connectivity index (χ1n) is 9.22. The van der Waals surface area contributed by atoms with Gasteiger partial charge < -0.3 is 4.74 Å². The van der Waals surface area contributed by atoms with Crippen LogP contribution in [-0.4, -0.2) is 50.9 Å². The minimum absolute atomic E-state index is 0.194. The number of sulfonamides is 1. The van der Waals surface area contributed by atoms with Crippen LogP contribution in [0.4, 0.5) is 0 Å². The highest BCUT2D eigenvalue weighted by molar-refractivity contribution is 7.89. The van der Waals surface area contributed by atoms with Gasteiger partial charge in [-0.2, -0.15) is 9.57 Å². The first-order valence-corrected chi connectivity index (χ1v) is 10.7. The van der Waals surface area contributed by atoms with Crippen LogP contribution in [0, 0.1) is 25.2 Å². The molecule has 1 unspecified atom stereocenters. The van der Waals surface area contributed by atoms with Crippen LogP contribution >= 0.6 is 0 Å². The molecular formula is C21H25N3O3S. The van der Waals surface area contributed by atoms with Crippen molar-refractivity contribution in [2.45, 2.75) is 24.8 Å². The molecule has 1 aliphatic rings. The van der Waals surface area contributed by atoms with Crippen molar-refractivity contribution < 1.29 is 13.2 Å². The highest BCUT2D eigenvalue weighted by Crippen LogP contribution is 2.30. The summed E-state index contributed by atoms with van der Waals surface area (Å²) in [6.45, 7) is 5.52. The summed E-state index contributed by atoms with van der Waals surface area (Å²) in [4.78, 5) is 2.24. The van der Waals surface area contributed by atoms with E-state index in [2.05, 4.69) is 6.07 Å². The van der Waals surface area contributed by atoms with E-state index < -0.39 is 10.0 Å². The van der Waals surface area contributed by atoms with Gasteiger partial charge in [0, 0.05) is 26.2 Å². The third kappa shape index (κ3) is 3.90. The van der Waals surface area contributed by atoms with E-state index in [4.69, 9.17) is 4.74 Å². The van der Waals surface area contributed by atoms with Gasteiger partial charge in [-0.1, -0.05) is 30.3 Å². The summed E-state index contributed by atoms with van der Waals surface area (Å²) in [5, 5.41) is 9.72. The van der Waals surface area contributed by atoms with Gasteiger partial charge in [0.1, 0.15) is 16.7 Å². The van der Waals surface area contributed by atoms with Crippen molar-refractivity contribution in [3.05, 3.63) is 59.2 Å². The molecule has 0 aromatic heterocycles. The van der Waals surface area contributed by atoms with Crippen molar-refractivity contribution in [2.75, 3.05) is 33.3 Å². The second kappa shape index (κ2) is 8.31. The number of benzene rings is 2. The molecule has 28 heavy (non-hydrogen) atoms. The zero-order valence-electron chi connectivity index (χ0n) is 16.4. The number of ether oxygens (including phenoxy) is 1. The summed E-state index contributed by atoms with van der Waals surface area (Å²) in [5.41, 5.74) is 2.90. The number of hydrogen-bond donors (Lipinski definition) is 0. The van der Waals surface area contributed by atoms with E-state index in [1.54, 1.807) is 12.1 Å². The maximum atomic E-state index is 13.2. The Bertz CT molecular complexity index is 990. The lowest BCUT2D eigenvalue weighted by atomic mass is 10.0. The summed E-state index contributed by atoms with van der Waals surface area (Å²) in [7, 11) is -2.18. The number of nitriles is 1. The number of aryl methyl sites for hydroxylation is 2. The molecular weight excluding hydrogens is 374 g/mol. The van der Waals surface area contributed by atoms with Crippen LogP contribution in [0.1, 0.15) is 22.7 Å². The number of methoxy groups -OCH3 is 1. The van der Waals surface area contributed by atoms with Gasteiger partial charge in [-0.05, 0) is 42.7 Å². The summed E-state index contributed by atoms with van der Waals surface area (Å²) in [6.07, 6.45) is 0.